The maximum atomic E-state index is 12.7. The van der Waals surface area contributed by atoms with Crippen LogP contribution >= 0.6 is 0 Å². The van der Waals surface area contributed by atoms with Crippen LogP contribution in [0.1, 0.15) is 66.4 Å². The van der Waals surface area contributed by atoms with Crippen molar-refractivity contribution in [2.75, 3.05) is 0 Å². The Bertz CT molecular complexity index is 827. The zero-order valence-electron chi connectivity index (χ0n) is 14.7. The predicted molar refractivity (Wildman–Crippen MR) is 95.9 cm³/mol. The summed E-state index contributed by atoms with van der Waals surface area (Å²) in [5.41, 5.74) is 2.47. The Morgan fingerprint density at radius 2 is 1.85 bits per heavy atom. The lowest BCUT2D eigenvalue weighted by atomic mass is 9.89. The Morgan fingerprint density at radius 3 is 2.62 bits per heavy atom. The highest BCUT2D eigenvalue weighted by molar-refractivity contribution is 6.05. The standard InChI is InChI=1S/C21H22N2O3/c24-19-11-10-18(20(25)22-19)23-13-16-12-15(8-9-17(16)21(23)26)7-6-14-4-2-1-3-5-14/h8-9,12,14,18H,1-5,10-11,13H2,(H,22,24,25). The van der Waals surface area contributed by atoms with Crippen LogP contribution in [-0.4, -0.2) is 28.7 Å². The van der Waals surface area contributed by atoms with Gasteiger partial charge < -0.3 is 4.90 Å². The average molecular weight is 350 g/mol. The largest absolute Gasteiger partial charge is 0.322 e. The number of hydrogen-bond acceptors (Lipinski definition) is 3. The number of imide groups is 1. The fraction of sp³-hybridized carbons (Fsp3) is 0.476. The Morgan fingerprint density at radius 1 is 1.04 bits per heavy atom. The maximum absolute atomic E-state index is 12.7. The van der Waals surface area contributed by atoms with Crippen molar-refractivity contribution >= 4 is 17.7 Å². The number of carbonyl (C=O) groups is 3. The highest BCUT2D eigenvalue weighted by Gasteiger charge is 2.38. The van der Waals surface area contributed by atoms with Gasteiger partial charge in [0.1, 0.15) is 6.04 Å². The maximum Gasteiger partial charge on any atom is 0.255 e. The number of nitrogens with one attached hydrogen (secondary N) is 1. The summed E-state index contributed by atoms with van der Waals surface area (Å²) in [5.74, 6) is 6.34. The number of amides is 3. The Balaban J connectivity index is 1.50. The molecule has 3 amide bonds. The van der Waals surface area contributed by atoms with E-state index in [4.69, 9.17) is 0 Å². The first-order valence-electron chi connectivity index (χ1n) is 9.41. The van der Waals surface area contributed by atoms with Gasteiger partial charge in [-0.3, -0.25) is 19.7 Å². The zero-order chi connectivity index (χ0) is 18.1. The fourth-order valence-corrected chi connectivity index (χ4v) is 4.08. The van der Waals surface area contributed by atoms with E-state index in [0.717, 1.165) is 11.1 Å². The number of carbonyl (C=O) groups excluding carboxylic acids is 3. The normalized spacial score (nSPS) is 23.3. The van der Waals surface area contributed by atoms with E-state index < -0.39 is 6.04 Å². The molecule has 0 bridgehead atoms. The number of benzene rings is 1. The van der Waals surface area contributed by atoms with E-state index in [2.05, 4.69) is 17.2 Å². The van der Waals surface area contributed by atoms with E-state index in [1.165, 1.54) is 32.1 Å². The van der Waals surface area contributed by atoms with E-state index in [9.17, 15) is 14.4 Å². The van der Waals surface area contributed by atoms with Crippen LogP contribution in [0.25, 0.3) is 0 Å². The summed E-state index contributed by atoms with van der Waals surface area (Å²) in [7, 11) is 0. The van der Waals surface area contributed by atoms with Crippen LogP contribution in [0, 0.1) is 17.8 Å². The van der Waals surface area contributed by atoms with Crippen LogP contribution in [-0.2, 0) is 16.1 Å². The van der Waals surface area contributed by atoms with Crippen molar-refractivity contribution in [1.29, 1.82) is 0 Å². The zero-order valence-corrected chi connectivity index (χ0v) is 14.7. The van der Waals surface area contributed by atoms with Gasteiger partial charge in [0.15, 0.2) is 0 Å². The van der Waals surface area contributed by atoms with Crippen molar-refractivity contribution in [3.05, 3.63) is 34.9 Å². The van der Waals surface area contributed by atoms with Crippen LogP contribution in [0.2, 0.25) is 0 Å². The Hall–Kier alpha value is -2.61. The Kier molecular flexibility index (Phi) is 4.50. The molecule has 1 atom stereocenters. The molecule has 1 N–H and O–H groups in total. The minimum atomic E-state index is -0.565. The van der Waals surface area contributed by atoms with Gasteiger partial charge in [0.2, 0.25) is 11.8 Å². The van der Waals surface area contributed by atoms with Gasteiger partial charge in [-0.25, -0.2) is 0 Å². The van der Waals surface area contributed by atoms with Gasteiger partial charge in [-0.05, 0) is 43.0 Å². The molecule has 2 fully saturated rings. The summed E-state index contributed by atoms with van der Waals surface area (Å²) < 4.78 is 0. The summed E-state index contributed by atoms with van der Waals surface area (Å²) in [6, 6.07) is 5.11. The highest BCUT2D eigenvalue weighted by atomic mass is 16.2. The van der Waals surface area contributed by atoms with E-state index in [1.54, 1.807) is 4.90 Å². The molecule has 5 heteroatoms. The van der Waals surface area contributed by atoms with Gasteiger partial charge in [-0.1, -0.05) is 31.1 Å². The molecule has 1 aromatic rings. The SMILES string of the molecule is O=C1CCC(N2Cc3cc(C#CC4CCCCC4)ccc3C2=O)C(=O)N1. The summed E-state index contributed by atoms with van der Waals surface area (Å²) in [6.07, 6.45) is 6.86. The summed E-state index contributed by atoms with van der Waals surface area (Å²) in [5, 5.41) is 2.33. The molecule has 0 spiro atoms. The number of piperidine rings is 1. The first-order chi connectivity index (χ1) is 12.6. The van der Waals surface area contributed by atoms with Crippen molar-refractivity contribution in [1.82, 2.24) is 10.2 Å². The van der Waals surface area contributed by atoms with Crippen LogP contribution in [0.5, 0.6) is 0 Å². The third kappa shape index (κ3) is 3.24. The lowest BCUT2D eigenvalue weighted by molar-refractivity contribution is -0.136. The number of rotatable bonds is 1. The number of hydrogen-bond donors (Lipinski definition) is 1. The first kappa shape index (κ1) is 16.8. The molecule has 2 aliphatic heterocycles. The lowest BCUT2D eigenvalue weighted by Crippen LogP contribution is -2.52. The van der Waals surface area contributed by atoms with Crippen molar-refractivity contribution in [2.24, 2.45) is 5.92 Å². The van der Waals surface area contributed by atoms with Crippen LogP contribution in [0.4, 0.5) is 0 Å². The van der Waals surface area contributed by atoms with Gasteiger partial charge in [0.05, 0.1) is 0 Å². The van der Waals surface area contributed by atoms with Gasteiger partial charge in [0, 0.05) is 30.0 Å². The van der Waals surface area contributed by atoms with Crippen LogP contribution < -0.4 is 5.32 Å². The molecular weight excluding hydrogens is 328 g/mol. The third-order valence-electron chi connectivity index (χ3n) is 5.55. The fourth-order valence-electron chi connectivity index (χ4n) is 4.08. The highest BCUT2D eigenvalue weighted by Crippen LogP contribution is 2.28. The molecule has 0 aromatic heterocycles. The van der Waals surface area contributed by atoms with Crippen LogP contribution in [0.3, 0.4) is 0 Å². The van der Waals surface area contributed by atoms with Crippen LogP contribution in [0.15, 0.2) is 18.2 Å². The molecule has 1 saturated heterocycles. The average Bonchev–Trinajstić information content (AvgIpc) is 2.97. The van der Waals surface area contributed by atoms with Crippen molar-refractivity contribution in [2.45, 2.75) is 57.5 Å². The molecule has 134 valence electrons. The lowest BCUT2D eigenvalue weighted by Gasteiger charge is -2.29. The predicted octanol–water partition coefficient (Wildman–Crippen LogP) is 2.38. The number of fused-ring (bicyclic) bond motifs is 1. The van der Waals surface area contributed by atoms with Crippen molar-refractivity contribution in [3.8, 4) is 11.8 Å². The van der Waals surface area contributed by atoms with Gasteiger partial charge in [-0.2, -0.15) is 0 Å². The molecule has 4 rings (SSSR count). The quantitative estimate of drug-likeness (QED) is 0.625. The topological polar surface area (TPSA) is 66.5 Å². The van der Waals surface area contributed by atoms with Crippen molar-refractivity contribution in [3.63, 3.8) is 0 Å². The van der Waals surface area contributed by atoms with Gasteiger partial charge >= 0.3 is 0 Å². The molecule has 2 heterocycles. The summed E-state index contributed by atoms with van der Waals surface area (Å²) >= 11 is 0. The smallest absolute Gasteiger partial charge is 0.255 e. The summed E-state index contributed by atoms with van der Waals surface area (Å²) in [4.78, 5) is 37.7. The molecule has 1 unspecified atom stereocenters. The number of nitrogens with zero attached hydrogens (tertiary/aromatic N) is 1. The molecule has 1 aromatic carbocycles. The molecule has 0 radical (unpaired) electrons. The second-order valence-corrected chi connectivity index (χ2v) is 7.38. The van der Waals surface area contributed by atoms with Crippen molar-refractivity contribution < 1.29 is 14.4 Å². The van der Waals surface area contributed by atoms with Gasteiger partial charge in [-0.15, -0.1) is 0 Å². The molecular formula is C21H22N2O3. The molecule has 1 saturated carbocycles. The van der Waals surface area contributed by atoms with E-state index in [-0.39, 0.29) is 24.1 Å². The molecule has 26 heavy (non-hydrogen) atoms. The minimum Gasteiger partial charge on any atom is -0.322 e. The minimum absolute atomic E-state index is 0.138. The molecule has 1 aliphatic carbocycles. The second-order valence-electron chi connectivity index (χ2n) is 7.38. The molecule has 3 aliphatic rings. The first-order valence-corrected chi connectivity index (χ1v) is 9.41. The molecule has 5 nitrogen and oxygen atoms in total. The van der Waals surface area contributed by atoms with E-state index >= 15 is 0 Å². The van der Waals surface area contributed by atoms with Gasteiger partial charge in [0.25, 0.3) is 5.91 Å². The third-order valence-corrected chi connectivity index (χ3v) is 5.55. The van der Waals surface area contributed by atoms with E-state index in [0.29, 0.717) is 24.4 Å². The Labute approximate surface area is 153 Å². The monoisotopic (exact) mass is 350 g/mol. The second kappa shape index (κ2) is 6.95. The van der Waals surface area contributed by atoms with E-state index in [1.807, 2.05) is 18.2 Å². The summed E-state index contributed by atoms with van der Waals surface area (Å²) in [6.45, 7) is 0.402.